The quantitative estimate of drug-likeness (QED) is 0.700. The van der Waals surface area contributed by atoms with Gasteiger partial charge in [-0.1, -0.05) is 26.3 Å². The molecule has 3 heteroatoms. The minimum Gasteiger partial charge on any atom is -0.330 e. The predicted octanol–water partition coefficient (Wildman–Crippen LogP) is 3.73. The second kappa shape index (κ2) is 9.54. The van der Waals surface area contributed by atoms with E-state index >= 15 is 0 Å². The molecule has 0 saturated carbocycles. The fraction of sp³-hybridized carbons (Fsp3) is 0.733. The molecule has 18 heavy (non-hydrogen) atoms. The molecular weight excluding hydrogens is 240 g/mol. The highest BCUT2D eigenvalue weighted by Gasteiger charge is 2.08. The fourth-order valence-corrected chi connectivity index (χ4v) is 3.11. The first kappa shape index (κ1) is 15.7. The van der Waals surface area contributed by atoms with Gasteiger partial charge in [-0.15, -0.1) is 11.3 Å². The van der Waals surface area contributed by atoms with Crippen molar-refractivity contribution < 1.29 is 0 Å². The van der Waals surface area contributed by atoms with Crippen LogP contribution in [-0.4, -0.2) is 24.5 Å². The summed E-state index contributed by atoms with van der Waals surface area (Å²) < 4.78 is 0. The van der Waals surface area contributed by atoms with Crippen LogP contribution in [0.4, 0.5) is 0 Å². The maximum atomic E-state index is 5.64. The molecule has 0 aliphatic heterocycles. The summed E-state index contributed by atoms with van der Waals surface area (Å²) in [4.78, 5) is 4.02. The van der Waals surface area contributed by atoms with E-state index in [9.17, 15) is 0 Å². The summed E-state index contributed by atoms with van der Waals surface area (Å²) in [7, 11) is 0. The minimum absolute atomic E-state index is 0.829. The van der Waals surface area contributed by atoms with Crippen molar-refractivity contribution in [2.75, 3.05) is 19.6 Å². The van der Waals surface area contributed by atoms with Gasteiger partial charge in [-0.05, 0) is 56.3 Å². The summed E-state index contributed by atoms with van der Waals surface area (Å²) in [6.07, 6.45) is 5.09. The maximum absolute atomic E-state index is 5.64. The van der Waals surface area contributed by atoms with Crippen molar-refractivity contribution >= 4 is 11.3 Å². The largest absolute Gasteiger partial charge is 0.330 e. The standard InChI is InChI=1S/C15H28N2S/c1-3-14(9-10-16)7-5-11-17(4-2)13-15-8-6-12-18-15/h6,8,12,14H,3-5,7,9-11,13,16H2,1-2H3. The molecule has 1 atom stereocenters. The monoisotopic (exact) mass is 268 g/mol. The molecule has 2 N–H and O–H groups in total. The Kier molecular flexibility index (Phi) is 8.31. The Labute approximate surface area is 116 Å². The highest BCUT2D eigenvalue weighted by molar-refractivity contribution is 7.09. The SMILES string of the molecule is CCC(CCN)CCCN(CC)Cc1cccs1. The van der Waals surface area contributed by atoms with Gasteiger partial charge in [0.2, 0.25) is 0 Å². The van der Waals surface area contributed by atoms with Gasteiger partial charge in [-0.3, -0.25) is 4.90 Å². The van der Waals surface area contributed by atoms with Crippen molar-refractivity contribution in [2.45, 2.75) is 46.1 Å². The lowest BCUT2D eigenvalue weighted by atomic mass is 9.96. The van der Waals surface area contributed by atoms with Crippen LogP contribution in [-0.2, 0) is 6.54 Å². The second-order valence-corrected chi connectivity index (χ2v) is 5.97. The Morgan fingerprint density at radius 3 is 2.72 bits per heavy atom. The number of rotatable bonds is 10. The Morgan fingerprint density at radius 2 is 2.17 bits per heavy atom. The molecule has 2 nitrogen and oxygen atoms in total. The maximum Gasteiger partial charge on any atom is 0.0327 e. The summed E-state index contributed by atoms with van der Waals surface area (Å²) in [6, 6.07) is 4.37. The first-order chi connectivity index (χ1) is 8.80. The van der Waals surface area contributed by atoms with Crippen molar-refractivity contribution in [3.05, 3.63) is 22.4 Å². The third-order valence-corrected chi connectivity index (χ3v) is 4.51. The first-order valence-corrected chi connectivity index (χ1v) is 8.12. The van der Waals surface area contributed by atoms with Crippen molar-refractivity contribution in [3.8, 4) is 0 Å². The summed E-state index contributed by atoms with van der Waals surface area (Å²) in [6.45, 7) is 8.85. The third kappa shape index (κ3) is 5.98. The Hall–Kier alpha value is -0.380. The lowest BCUT2D eigenvalue weighted by Gasteiger charge is -2.21. The van der Waals surface area contributed by atoms with Gasteiger partial charge in [0.25, 0.3) is 0 Å². The average Bonchev–Trinajstić information content (AvgIpc) is 2.89. The van der Waals surface area contributed by atoms with E-state index in [0.29, 0.717) is 0 Å². The smallest absolute Gasteiger partial charge is 0.0327 e. The lowest BCUT2D eigenvalue weighted by molar-refractivity contribution is 0.264. The van der Waals surface area contributed by atoms with Gasteiger partial charge >= 0.3 is 0 Å². The van der Waals surface area contributed by atoms with Gasteiger partial charge in [0.05, 0.1) is 0 Å². The van der Waals surface area contributed by atoms with Crippen LogP contribution < -0.4 is 5.73 Å². The number of nitrogens with two attached hydrogens (primary N) is 1. The van der Waals surface area contributed by atoms with Crippen LogP contribution in [0, 0.1) is 5.92 Å². The van der Waals surface area contributed by atoms with E-state index in [1.807, 2.05) is 11.3 Å². The number of hydrogen-bond donors (Lipinski definition) is 1. The van der Waals surface area contributed by atoms with Gasteiger partial charge in [-0.2, -0.15) is 0 Å². The Morgan fingerprint density at radius 1 is 1.33 bits per heavy atom. The average molecular weight is 268 g/mol. The summed E-state index contributed by atoms with van der Waals surface area (Å²) in [5, 5.41) is 2.16. The van der Waals surface area contributed by atoms with Gasteiger partial charge in [-0.25, -0.2) is 0 Å². The van der Waals surface area contributed by atoms with Crippen LogP contribution in [0.5, 0.6) is 0 Å². The second-order valence-electron chi connectivity index (χ2n) is 4.94. The van der Waals surface area contributed by atoms with E-state index in [2.05, 4.69) is 36.3 Å². The van der Waals surface area contributed by atoms with Crippen molar-refractivity contribution in [3.63, 3.8) is 0 Å². The summed E-state index contributed by atoms with van der Waals surface area (Å²) >= 11 is 1.86. The number of hydrogen-bond acceptors (Lipinski definition) is 3. The minimum atomic E-state index is 0.829. The normalized spacial score (nSPS) is 13.1. The zero-order valence-electron chi connectivity index (χ0n) is 11.9. The molecule has 104 valence electrons. The molecule has 0 amide bonds. The predicted molar refractivity (Wildman–Crippen MR) is 82.0 cm³/mol. The molecule has 0 saturated heterocycles. The highest BCUT2D eigenvalue weighted by atomic mass is 32.1. The highest BCUT2D eigenvalue weighted by Crippen LogP contribution is 2.16. The van der Waals surface area contributed by atoms with Crippen LogP contribution in [0.25, 0.3) is 0 Å². The van der Waals surface area contributed by atoms with Crippen LogP contribution in [0.1, 0.15) is 44.4 Å². The van der Waals surface area contributed by atoms with Crippen LogP contribution in [0.3, 0.4) is 0 Å². The zero-order valence-corrected chi connectivity index (χ0v) is 12.7. The molecule has 0 aliphatic rings. The molecular formula is C15H28N2S. The Balaban J connectivity index is 2.22. The molecule has 1 rings (SSSR count). The van der Waals surface area contributed by atoms with E-state index < -0.39 is 0 Å². The van der Waals surface area contributed by atoms with Gasteiger partial charge < -0.3 is 5.73 Å². The number of nitrogens with zero attached hydrogens (tertiary/aromatic N) is 1. The molecule has 0 bridgehead atoms. The van der Waals surface area contributed by atoms with E-state index in [1.165, 1.54) is 37.1 Å². The zero-order chi connectivity index (χ0) is 13.2. The molecule has 1 aromatic heterocycles. The van der Waals surface area contributed by atoms with E-state index in [4.69, 9.17) is 5.73 Å². The van der Waals surface area contributed by atoms with Crippen molar-refractivity contribution in [2.24, 2.45) is 11.7 Å². The lowest BCUT2D eigenvalue weighted by Crippen LogP contribution is -2.24. The van der Waals surface area contributed by atoms with Gasteiger partial charge in [0.15, 0.2) is 0 Å². The molecule has 0 spiro atoms. The fourth-order valence-electron chi connectivity index (χ4n) is 2.36. The molecule has 0 aromatic carbocycles. The van der Waals surface area contributed by atoms with Gasteiger partial charge in [0.1, 0.15) is 0 Å². The summed E-state index contributed by atoms with van der Waals surface area (Å²) in [5.74, 6) is 0.829. The number of thiophene rings is 1. The van der Waals surface area contributed by atoms with Crippen LogP contribution in [0.2, 0.25) is 0 Å². The molecule has 1 unspecified atom stereocenters. The molecule has 0 radical (unpaired) electrons. The molecule has 1 heterocycles. The topological polar surface area (TPSA) is 29.3 Å². The van der Waals surface area contributed by atoms with Crippen molar-refractivity contribution in [1.29, 1.82) is 0 Å². The molecule has 0 aliphatic carbocycles. The van der Waals surface area contributed by atoms with E-state index in [0.717, 1.165) is 25.6 Å². The summed E-state index contributed by atoms with van der Waals surface area (Å²) in [5.41, 5.74) is 5.64. The van der Waals surface area contributed by atoms with E-state index in [1.54, 1.807) is 0 Å². The first-order valence-electron chi connectivity index (χ1n) is 7.24. The Bertz CT molecular complexity index is 285. The van der Waals surface area contributed by atoms with Gasteiger partial charge in [0, 0.05) is 11.4 Å². The molecule has 1 aromatic rings. The third-order valence-electron chi connectivity index (χ3n) is 3.65. The van der Waals surface area contributed by atoms with Crippen LogP contribution in [0.15, 0.2) is 17.5 Å². The molecule has 0 fully saturated rings. The van der Waals surface area contributed by atoms with Crippen LogP contribution >= 0.6 is 11.3 Å². The van der Waals surface area contributed by atoms with E-state index in [-0.39, 0.29) is 0 Å². The van der Waals surface area contributed by atoms with Crippen molar-refractivity contribution in [1.82, 2.24) is 4.90 Å².